The highest BCUT2D eigenvalue weighted by molar-refractivity contribution is 5.79. The number of unbranched alkanes of at least 4 members (excludes halogenated alkanes) is 3. The maximum Gasteiger partial charge on any atom is 0.133 e. The molecule has 0 saturated heterocycles. The van der Waals surface area contributed by atoms with E-state index in [9.17, 15) is 4.79 Å². The molecule has 0 radical (unpaired) electrons. The van der Waals surface area contributed by atoms with Crippen molar-refractivity contribution in [3.8, 4) is 5.75 Å². The van der Waals surface area contributed by atoms with Gasteiger partial charge in [0.1, 0.15) is 18.1 Å². The lowest BCUT2D eigenvalue weighted by Crippen LogP contribution is -2.19. The minimum absolute atomic E-state index is 0.0942. The van der Waals surface area contributed by atoms with Gasteiger partial charge in [0.25, 0.3) is 0 Å². The first-order chi connectivity index (χ1) is 16.4. The van der Waals surface area contributed by atoms with Gasteiger partial charge in [0, 0.05) is 12.8 Å². The SMILES string of the molecule is C=CC[C@@H]1CCCC(=O)C[C@H]1c1ccc(C(C)(C)CCCCCC)cc1OCc1ccccc1. The largest absolute Gasteiger partial charge is 0.489 e. The fourth-order valence-corrected chi connectivity index (χ4v) is 5.40. The molecule has 1 aliphatic rings. The van der Waals surface area contributed by atoms with Crippen molar-refractivity contribution in [2.75, 3.05) is 0 Å². The maximum atomic E-state index is 12.6. The highest BCUT2D eigenvalue weighted by Crippen LogP contribution is 2.43. The van der Waals surface area contributed by atoms with Gasteiger partial charge in [-0.3, -0.25) is 4.79 Å². The van der Waals surface area contributed by atoms with Crippen LogP contribution in [0.15, 0.2) is 61.2 Å². The zero-order valence-electron chi connectivity index (χ0n) is 21.7. The van der Waals surface area contributed by atoms with E-state index in [0.717, 1.165) is 30.6 Å². The Morgan fingerprint density at radius 2 is 1.88 bits per heavy atom. The molecule has 34 heavy (non-hydrogen) atoms. The monoisotopic (exact) mass is 460 g/mol. The molecule has 1 aliphatic carbocycles. The molecule has 2 aromatic carbocycles. The molecule has 184 valence electrons. The second-order valence-electron chi connectivity index (χ2n) is 10.7. The normalized spacial score (nSPS) is 19.0. The molecule has 2 aromatic rings. The Labute approximate surface area is 207 Å². The van der Waals surface area contributed by atoms with Crippen molar-refractivity contribution >= 4 is 5.78 Å². The summed E-state index contributed by atoms with van der Waals surface area (Å²) < 4.78 is 6.52. The quantitative estimate of drug-likeness (QED) is 0.179. The van der Waals surface area contributed by atoms with Crippen LogP contribution in [-0.2, 0) is 16.8 Å². The fraction of sp³-hybridized carbons (Fsp3) is 0.531. The van der Waals surface area contributed by atoms with Gasteiger partial charge in [0.05, 0.1) is 0 Å². The molecule has 0 bridgehead atoms. The average Bonchev–Trinajstić information content (AvgIpc) is 3.02. The lowest BCUT2D eigenvalue weighted by Gasteiger charge is -2.30. The van der Waals surface area contributed by atoms with E-state index < -0.39 is 0 Å². The van der Waals surface area contributed by atoms with E-state index >= 15 is 0 Å². The third kappa shape index (κ3) is 7.32. The van der Waals surface area contributed by atoms with E-state index in [4.69, 9.17) is 4.74 Å². The first kappa shape index (κ1) is 26.3. The van der Waals surface area contributed by atoms with Crippen molar-refractivity contribution in [3.63, 3.8) is 0 Å². The predicted molar refractivity (Wildman–Crippen MR) is 144 cm³/mol. The lowest BCUT2D eigenvalue weighted by atomic mass is 9.76. The van der Waals surface area contributed by atoms with Crippen LogP contribution in [-0.4, -0.2) is 5.78 Å². The summed E-state index contributed by atoms with van der Waals surface area (Å²) in [6.07, 6.45) is 12.6. The van der Waals surface area contributed by atoms with Crippen LogP contribution in [0.1, 0.15) is 108 Å². The number of allylic oxidation sites excluding steroid dienone is 1. The van der Waals surface area contributed by atoms with E-state index in [2.05, 4.69) is 69.8 Å². The van der Waals surface area contributed by atoms with Crippen molar-refractivity contribution < 1.29 is 9.53 Å². The van der Waals surface area contributed by atoms with Crippen LogP contribution in [0.2, 0.25) is 0 Å². The van der Waals surface area contributed by atoms with Gasteiger partial charge in [-0.05, 0) is 65.7 Å². The number of ketones is 1. The van der Waals surface area contributed by atoms with Gasteiger partial charge in [-0.2, -0.15) is 0 Å². The molecule has 2 atom stereocenters. The Bertz CT molecular complexity index is 912. The molecule has 1 saturated carbocycles. The molecule has 0 unspecified atom stereocenters. The summed E-state index contributed by atoms with van der Waals surface area (Å²) >= 11 is 0. The number of carbonyl (C=O) groups is 1. The molecule has 3 rings (SSSR count). The molecule has 2 heteroatoms. The number of rotatable bonds is 12. The predicted octanol–water partition coefficient (Wildman–Crippen LogP) is 8.93. The number of ether oxygens (including phenoxy) is 1. The smallest absolute Gasteiger partial charge is 0.133 e. The molecule has 0 aliphatic heterocycles. The van der Waals surface area contributed by atoms with Gasteiger partial charge in [0.2, 0.25) is 0 Å². The number of benzene rings is 2. The topological polar surface area (TPSA) is 26.3 Å². The van der Waals surface area contributed by atoms with Gasteiger partial charge < -0.3 is 4.74 Å². The summed E-state index contributed by atoms with van der Waals surface area (Å²) in [5.74, 6) is 1.97. The first-order valence-corrected chi connectivity index (χ1v) is 13.4. The molecule has 2 nitrogen and oxygen atoms in total. The summed E-state index contributed by atoms with van der Waals surface area (Å²) in [6.45, 7) is 11.5. The standard InChI is InChI=1S/C32H44O2/c1-5-7-8-12-21-32(3,4)27-19-20-29(30-23-28(33)18-13-17-26(30)14-6-2)31(22-27)34-24-25-15-10-9-11-16-25/h6,9-11,15-16,19-20,22,26,30H,2,5,7-8,12-14,17-18,21,23-24H2,1,3-4H3/t26-,30-/m1/s1. The third-order valence-corrected chi connectivity index (χ3v) is 7.60. The van der Waals surface area contributed by atoms with Crippen molar-refractivity contribution in [2.45, 2.75) is 103 Å². The molecule has 0 amide bonds. The minimum atomic E-state index is 0.0942. The van der Waals surface area contributed by atoms with Gasteiger partial charge >= 0.3 is 0 Å². The summed E-state index contributed by atoms with van der Waals surface area (Å²) in [6, 6.07) is 17.2. The zero-order chi connectivity index (χ0) is 24.4. The van der Waals surface area contributed by atoms with E-state index in [1.807, 2.05) is 12.1 Å². The molecule has 0 spiro atoms. The summed E-state index contributed by atoms with van der Waals surface area (Å²) in [5, 5.41) is 0. The average molecular weight is 461 g/mol. The first-order valence-electron chi connectivity index (χ1n) is 13.4. The van der Waals surface area contributed by atoms with Gasteiger partial charge in [-0.15, -0.1) is 6.58 Å². The summed E-state index contributed by atoms with van der Waals surface area (Å²) in [7, 11) is 0. The zero-order valence-corrected chi connectivity index (χ0v) is 21.7. The second-order valence-corrected chi connectivity index (χ2v) is 10.7. The van der Waals surface area contributed by atoms with Crippen LogP contribution in [0.4, 0.5) is 0 Å². The Balaban J connectivity index is 1.93. The number of hydrogen-bond acceptors (Lipinski definition) is 2. The van der Waals surface area contributed by atoms with Crippen LogP contribution >= 0.6 is 0 Å². The van der Waals surface area contributed by atoms with Crippen molar-refractivity contribution in [2.24, 2.45) is 5.92 Å². The molecular weight excluding hydrogens is 416 g/mol. The van der Waals surface area contributed by atoms with Gasteiger partial charge in [-0.1, -0.05) is 95.0 Å². The summed E-state index contributed by atoms with van der Waals surface area (Å²) in [5.41, 5.74) is 3.79. The van der Waals surface area contributed by atoms with Crippen molar-refractivity contribution in [1.29, 1.82) is 0 Å². The summed E-state index contributed by atoms with van der Waals surface area (Å²) in [4.78, 5) is 12.6. The third-order valence-electron chi connectivity index (χ3n) is 7.60. The van der Waals surface area contributed by atoms with Crippen LogP contribution in [0.3, 0.4) is 0 Å². The van der Waals surface area contributed by atoms with Gasteiger partial charge in [0.15, 0.2) is 0 Å². The van der Waals surface area contributed by atoms with Crippen molar-refractivity contribution in [3.05, 3.63) is 77.9 Å². The Hall–Kier alpha value is -2.35. The maximum absolute atomic E-state index is 12.6. The Morgan fingerprint density at radius 1 is 1.09 bits per heavy atom. The number of carbonyl (C=O) groups excluding carboxylic acids is 1. The van der Waals surface area contributed by atoms with Crippen LogP contribution in [0.5, 0.6) is 5.75 Å². The van der Waals surface area contributed by atoms with Crippen LogP contribution in [0.25, 0.3) is 0 Å². The van der Waals surface area contributed by atoms with Gasteiger partial charge in [-0.25, -0.2) is 0 Å². The molecule has 1 fully saturated rings. The van der Waals surface area contributed by atoms with Crippen LogP contribution in [0, 0.1) is 5.92 Å². The Morgan fingerprint density at radius 3 is 2.62 bits per heavy atom. The van der Waals surface area contributed by atoms with E-state index in [1.165, 1.54) is 43.2 Å². The second kappa shape index (κ2) is 12.9. The fourth-order valence-electron chi connectivity index (χ4n) is 5.40. The molecule has 0 heterocycles. The number of hydrogen-bond donors (Lipinski definition) is 0. The molecule has 0 aromatic heterocycles. The highest BCUT2D eigenvalue weighted by Gasteiger charge is 2.31. The lowest BCUT2D eigenvalue weighted by molar-refractivity contribution is -0.119. The highest BCUT2D eigenvalue weighted by atomic mass is 16.5. The molecular formula is C32H44O2. The Kier molecular flexibility index (Phi) is 9.99. The number of Topliss-reactive ketones (excluding diaryl/α,β-unsaturated/α-hetero) is 1. The minimum Gasteiger partial charge on any atom is -0.489 e. The van der Waals surface area contributed by atoms with Crippen molar-refractivity contribution in [1.82, 2.24) is 0 Å². The molecule has 0 N–H and O–H groups in total. The van der Waals surface area contributed by atoms with E-state index in [-0.39, 0.29) is 11.3 Å². The van der Waals surface area contributed by atoms with E-state index in [0.29, 0.717) is 31.1 Å². The van der Waals surface area contributed by atoms with E-state index in [1.54, 1.807) is 0 Å². The van der Waals surface area contributed by atoms with Crippen LogP contribution < -0.4 is 4.74 Å².